The van der Waals surface area contributed by atoms with E-state index < -0.39 is 0 Å². The summed E-state index contributed by atoms with van der Waals surface area (Å²) < 4.78 is 7.95. The van der Waals surface area contributed by atoms with Crippen molar-refractivity contribution in [2.24, 2.45) is 0 Å². The van der Waals surface area contributed by atoms with Crippen LogP contribution >= 0.6 is 0 Å². The highest BCUT2D eigenvalue weighted by atomic mass is 16.5. The minimum atomic E-state index is 0.0225. The van der Waals surface area contributed by atoms with Gasteiger partial charge in [-0.3, -0.25) is 0 Å². The standard InChI is InChI=1S/C30H24N2O/c1-33-29-15-9-8-14-25(29)19-26-21-32(28-17-16-22(20-31)18-27(26)28)30(23-10-4-2-5-11-23)24-12-6-3-7-13-24/h2-18,21,30H,19H2,1H3. The van der Waals surface area contributed by atoms with Gasteiger partial charge >= 0.3 is 0 Å². The van der Waals surface area contributed by atoms with Gasteiger partial charge in [0, 0.05) is 23.5 Å². The Labute approximate surface area is 194 Å². The third-order valence-electron chi connectivity index (χ3n) is 6.13. The fraction of sp³-hybridized carbons (Fsp3) is 0.100. The van der Waals surface area contributed by atoms with Gasteiger partial charge in [0.1, 0.15) is 5.75 Å². The quantitative estimate of drug-likeness (QED) is 0.300. The summed E-state index contributed by atoms with van der Waals surface area (Å²) in [6.07, 6.45) is 2.96. The van der Waals surface area contributed by atoms with Gasteiger partial charge in [-0.2, -0.15) is 5.26 Å². The number of fused-ring (bicyclic) bond motifs is 1. The van der Waals surface area contributed by atoms with Crippen molar-refractivity contribution in [2.75, 3.05) is 7.11 Å². The number of nitriles is 1. The molecule has 0 saturated carbocycles. The van der Waals surface area contributed by atoms with Crippen LogP contribution in [0, 0.1) is 11.3 Å². The van der Waals surface area contributed by atoms with E-state index in [0.29, 0.717) is 5.56 Å². The SMILES string of the molecule is COc1ccccc1Cc1cn(C(c2ccccc2)c2ccccc2)c2ccc(C#N)cc12. The van der Waals surface area contributed by atoms with E-state index in [1.807, 2.05) is 42.5 Å². The normalized spacial score (nSPS) is 10.9. The fourth-order valence-corrected chi connectivity index (χ4v) is 4.59. The van der Waals surface area contributed by atoms with Gasteiger partial charge in [0.05, 0.1) is 24.8 Å². The Morgan fingerprint density at radius 2 is 1.42 bits per heavy atom. The van der Waals surface area contributed by atoms with Crippen molar-refractivity contribution in [2.45, 2.75) is 12.5 Å². The van der Waals surface area contributed by atoms with E-state index in [1.54, 1.807) is 7.11 Å². The van der Waals surface area contributed by atoms with Gasteiger partial charge in [0.2, 0.25) is 0 Å². The van der Waals surface area contributed by atoms with E-state index in [9.17, 15) is 5.26 Å². The van der Waals surface area contributed by atoms with Crippen LogP contribution in [0.4, 0.5) is 0 Å². The molecule has 0 N–H and O–H groups in total. The van der Waals surface area contributed by atoms with Gasteiger partial charge in [-0.1, -0.05) is 78.9 Å². The van der Waals surface area contributed by atoms with Crippen LogP contribution in [0.5, 0.6) is 5.75 Å². The molecule has 0 spiro atoms. The van der Waals surface area contributed by atoms with Crippen molar-refractivity contribution in [1.82, 2.24) is 4.57 Å². The molecule has 0 atom stereocenters. The number of rotatable bonds is 6. The van der Waals surface area contributed by atoms with Crippen molar-refractivity contribution in [3.8, 4) is 11.8 Å². The zero-order valence-electron chi connectivity index (χ0n) is 18.5. The first-order chi connectivity index (χ1) is 16.3. The van der Waals surface area contributed by atoms with E-state index >= 15 is 0 Å². The lowest BCUT2D eigenvalue weighted by molar-refractivity contribution is 0.410. The van der Waals surface area contributed by atoms with Crippen LogP contribution < -0.4 is 4.74 Å². The molecule has 0 fully saturated rings. The monoisotopic (exact) mass is 428 g/mol. The first-order valence-electron chi connectivity index (χ1n) is 11.0. The van der Waals surface area contributed by atoms with Crippen LogP contribution in [0.25, 0.3) is 10.9 Å². The van der Waals surface area contributed by atoms with Crippen molar-refractivity contribution < 1.29 is 4.74 Å². The van der Waals surface area contributed by atoms with Gasteiger partial charge in [-0.05, 0) is 46.5 Å². The molecule has 0 aliphatic carbocycles. The van der Waals surface area contributed by atoms with E-state index in [4.69, 9.17) is 4.74 Å². The number of para-hydroxylation sites is 1. The lowest BCUT2D eigenvalue weighted by Crippen LogP contribution is -2.11. The zero-order chi connectivity index (χ0) is 22.6. The molecule has 33 heavy (non-hydrogen) atoms. The molecule has 0 bridgehead atoms. The molecular formula is C30H24N2O. The summed E-state index contributed by atoms with van der Waals surface area (Å²) >= 11 is 0. The summed E-state index contributed by atoms with van der Waals surface area (Å²) in [6.45, 7) is 0. The molecule has 160 valence electrons. The average Bonchev–Trinajstić information content (AvgIpc) is 3.23. The van der Waals surface area contributed by atoms with Gasteiger partial charge in [0.25, 0.3) is 0 Å². The first kappa shape index (κ1) is 20.6. The maximum Gasteiger partial charge on any atom is 0.122 e. The third kappa shape index (κ3) is 4.00. The van der Waals surface area contributed by atoms with Crippen molar-refractivity contribution in [1.29, 1.82) is 5.26 Å². The van der Waals surface area contributed by atoms with Gasteiger partial charge in [-0.15, -0.1) is 0 Å². The van der Waals surface area contributed by atoms with Crippen molar-refractivity contribution in [3.05, 3.63) is 137 Å². The molecule has 0 saturated heterocycles. The second kappa shape index (κ2) is 9.06. The summed E-state index contributed by atoms with van der Waals surface area (Å²) in [5.41, 5.74) is 6.50. The maximum absolute atomic E-state index is 9.56. The average molecular weight is 429 g/mol. The van der Waals surface area contributed by atoms with Crippen LogP contribution in [0.3, 0.4) is 0 Å². The highest BCUT2D eigenvalue weighted by Crippen LogP contribution is 2.35. The summed E-state index contributed by atoms with van der Waals surface area (Å²) in [7, 11) is 1.71. The van der Waals surface area contributed by atoms with Crippen LogP contribution in [-0.4, -0.2) is 11.7 Å². The molecule has 0 aliphatic rings. The highest BCUT2D eigenvalue weighted by Gasteiger charge is 2.21. The summed E-state index contributed by atoms with van der Waals surface area (Å²) in [5.74, 6) is 0.873. The minimum absolute atomic E-state index is 0.0225. The number of benzene rings is 4. The fourth-order valence-electron chi connectivity index (χ4n) is 4.59. The Hall–Kier alpha value is -4.29. The van der Waals surface area contributed by atoms with Gasteiger partial charge in [0.15, 0.2) is 0 Å². The second-order valence-corrected chi connectivity index (χ2v) is 8.12. The largest absolute Gasteiger partial charge is 0.496 e. The molecule has 0 radical (unpaired) electrons. The lowest BCUT2D eigenvalue weighted by Gasteiger charge is -2.21. The first-order valence-corrected chi connectivity index (χ1v) is 11.0. The Kier molecular flexibility index (Phi) is 5.66. The van der Waals surface area contributed by atoms with E-state index in [0.717, 1.165) is 28.6 Å². The van der Waals surface area contributed by atoms with E-state index in [2.05, 4.69) is 77.5 Å². The Morgan fingerprint density at radius 1 is 0.788 bits per heavy atom. The summed E-state index contributed by atoms with van der Waals surface area (Å²) in [5, 5.41) is 10.6. The van der Waals surface area contributed by atoms with E-state index in [1.165, 1.54) is 16.7 Å². The number of hydrogen-bond donors (Lipinski definition) is 0. The molecule has 0 aliphatic heterocycles. The molecule has 5 aromatic rings. The van der Waals surface area contributed by atoms with Crippen LogP contribution in [-0.2, 0) is 6.42 Å². The number of aromatic nitrogens is 1. The predicted octanol–water partition coefficient (Wildman–Crippen LogP) is 6.75. The topological polar surface area (TPSA) is 38.0 Å². The molecule has 4 aromatic carbocycles. The molecule has 1 aromatic heterocycles. The predicted molar refractivity (Wildman–Crippen MR) is 133 cm³/mol. The Balaban J connectivity index is 1.73. The smallest absolute Gasteiger partial charge is 0.122 e. The molecule has 1 heterocycles. The van der Waals surface area contributed by atoms with Gasteiger partial charge in [-0.25, -0.2) is 0 Å². The second-order valence-electron chi connectivity index (χ2n) is 8.12. The summed E-state index contributed by atoms with van der Waals surface area (Å²) in [4.78, 5) is 0. The van der Waals surface area contributed by atoms with Crippen LogP contribution in [0.1, 0.15) is 33.9 Å². The zero-order valence-corrected chi connectivity index (χ0v) is 18.5. The number of methoxy groups -OCH3 is 1. The number of ether oxygens (including phenoxy) is 1. The molecular weight excluding hydrogens is 404 g/mol. The molecule has 0 amide bonds. The van der Waals surface area contributed by atoms with Crippen LogP contribution in [0.15, 0.2) is 109 Å². The van der Waals surface area contributed by atoms with Crippen molar-refractivity contribution >= 4 is 10.9 Å². The third-order valence-corrected chi connectivity index (χ3v) is 6.13. The minimum Gasteiger partial charge on any atom is -0.496 e. The summed E-state index contributed by atoms with van der Waals surface area (Å²) in [6, 6.07) is 37.5. The molecule has 5 rings (SSSR count). The molecule has 3 nitrogen and oxygen atoms in total. The number of nitrogens with zero attached hydrogens (tertiary/aromatic N) is 2. The lowest BCUT2D eigenvalue weighted by atomic mass is 9.98. The van der Waals surface area contributed by atoms with Gasteiger partial charge < -0.3 is 9.30 Å². The van der Waals surface area contributed by atoms with Crippen molar-refractivity contribution in [3.63, 3.8) is 0 Å². The maximum atomic E-state index is 9.56. The van der Waals surface area contributed by atoms with Crippen LogP contribution in [0.2, 0.25) is 0 Å². The highest BCUT2D eigenvalue weighted by molar-refractivity contribution is 5.86. The molecule has 0 unspecified atom stereocenters. The molecule has 3 heteroatoms. The Bertz CT molecular complexity index is 1390. The Morgan fingerprint density at radius 3 is 2.06 bits per heavy atom. The number of hydrogen-bond acceptors (Lipinski definition) is 2. The van der Waals surface area contributed by atoms with E-state index in [-0.39, 0.29) is 6.04 Å².